The lowest BCUT2D eigenvalue weighted by molar-refractivity contribution is 0.0979. The van der Waals surface area contributed by atoms with Crippen molar-refractivity contribution >= 4 is 39.3 Å². The van der Waals surface area contributed by atoms with Crippen LogP contribution in [0.3, 0.4) is 0 Å². The molecule has 0 atom stereocenters. The summed E-state index contributed by atoms with van der Waals surface area (Å²) in [7, 11) is -2.89. The van der Waals surface area contributed by atoms with Crippen LogP contribution >= 0.6 is 0 Å². The van der Waals surface area contributed by atoms with E-state index in [1.165, 1.54) is 7.05 Å². The number of fused-ring (bicyclic) bond motifs is 2. The summed E-state index contributed by atoms with van der Waals surface area (Å²) in [5.74, 6) is -1.22. The largest absolute Gasteiger partial charge is 0.327 e. The number of nitrogens with one attached hydrogen (secondary N) is 1. The Morgan fingerprint density at radius 3 is 2.35 bits per heavy atom. The second kappa shape index (κ2) is 7.52. The normalized spacial score (nSPS) is 12.9. The first kappa shape index (κ1) is 20.6. The summed E-state index contributed by atoms with van der Waals surface area (Å²) in [5, 5.41) is 2.97. The molecule has 0 saturated carbocycles. The molecule has 1 heterocycles. The van der Waals surface area contributed by atoms with Crippen LogP contribution in [-0.2, 0) is 10.1 Å². The minimum Gasteiger partial charge on any atom is -0.327 e. The SMILES string of the molecule is Cc1ccc2c(c1Nc1ncnc(N(C)CS(=O)(=O)O)n1)C(=O)c1ccccc1C2=O. The minimum absolute atomic E-state index is 0.00896. The van der Waals surface area contributed by atoms with Crippen molar-refractivity contribution in [1.82, 2.24) is 15.0 Å². The van der Waals surface area contributed by atoms with Gasteiger partial charge in [-0.1, -0.05) is 30.3 Å². The summed E-state index contributed by atoms with van der Waals surface area (Å²) < 4.78 is 31.3. The number of hydrogen-bond acceptors (Lipinski definition) is 9. The van der Waals surface area contributed by atoms with E-state index in [9.17, 15) is 18.0 Å². The molecule has 1 aliphatic rings. The molecular formula is C20H17N5O5S. The van der Waals surface area contributed by atoms with Gasteiger partial charge in [0.05, 0.1) is 11.3 Å². The molecule has 0 bridgehead atoms. The minimum atomic E-state index is -4.28. The Balaban J connectivity index is 1.75. The Labute approximate surface area is 177 Å². The maximum absolute atomic E-state index is 13.2. The van der Waals surface area contributed by atoms with Gasteiger partial charge in [-0.15, -0.1) is 0 Å². The molecule has 2 aromatic carbocycles. The Morgan fingerprint density at radius 1 is 1.00 bits per heavy atom. The van der Waals surface area contributed by atoms with Crippen molar-refractivity contribution in [2.24, 2.45) is 0 Å². The molecule has 0 spiro atoms. The summed E-state index contributed by atoms with van der Waals surface area (Å²) in [6.07, 6.45) is 1.16. The maximum Gasteiger partial charge on any atom is 0.283 e. The number of anilines is 3. The predicted molar refractivity (Wildman–Crippen MR) is 112 cm³/mol. The molecule has 158 valence electrons. The van der Waals surface area contributed by atoms with Gasteiger partial charge in [0.1, 0.15) is 12.2 Å². The third kappa shape index (κ3) is 3.88. The zero-order chi connectivity index (χ0) is 22.3. The van der Waals surface area contributed by atoms with E-state index in [0.717, 1.165) is 11.2 Å². The first-order valence-electron chi connectivity index (χ1n) is 9.10. The lowest BCUT2D eigenvalue weighted by Gasteiger charge is -2.22. The maximum atomic E-state index is 13.2. The molecule has 2 N–H and O–H groups in total. The smallest absolute Gasteiger partial charge is 0.283 e. The highest BCUT2D eigenvalue weighted by Gasteiger charge is 2.32. The van der Waals surface area contributed by atoms with Crippen molar-refractivity contribution in [3.63, 3.8) is 0 Å². The average Bonchev–Trinajstić information content (AvgIpc) is 2.72. The van der Waals surface area contributed by atoms with Crippen LogP contribution < -0.4 is 10.2 Å². The Morgan fingerprint density at radius 2 is 1.68 bits per heavy atom. The quantitative estimate of drug-likeness (QED) is 0.443. The Kier molecular flexibility index (Phi) is 4.99. The molecule has 1 aliphatic carbocycles. The molecule has 0 unspecified atom stereocenters. The molecule has 0 radical (unpaired) electrons. The van der Waals surface area contributed by atoms with Gasteiger partial charge in [-0.3, -0.25) is 14.1 Å². The van der Waals surface area contributed by atoms with E-state index in [1.54, 1.807) is 43.3 Å². The van der Waals surface area contributed by atoms with Crippen molar-refractivity contribution in [2.45, 2.75) is 6.92 Å². The number of aromatic nitrogens is 3. The summed E-state index contributed by atoms with van der Waals surface area (Å²) in [4.78, 5) is 39.3. The van der Waals surface area contributed by atoms with E-state index < -0.39 is 16.0 Å². The van der Waals surface area contributed by atoms with Gasteiger partial charge < -0.3 is 10.2 Å². The van der Waals surface area contributed by atoms with Gasteiger partial charge in [0.2, 0.25) is 11.9 Å². The highest BCUT2D eigenvalue weighted by atomic mass is 32.2. The zero-order valence-electron chi connectivity index (χ0n) is 16.5. The van der Waals surface area contributed by atoms with E-state index in [4.69, 9.17) is 4.55 Å². The molecule has 3 aromatic rings. The summed E-state index contributed by atoms with van der Waals surface area (Å²) in [6.45, 7) is 1.77. The molecular weight excluding hydrogens is 422 g/mol. The number of carbonyl (C=O) groups is 2. The Hall–Kier alpha value is -3.70. The molecule has 31 heavy (non-hydrogen) atoms. The lowest BCUT2D eigenvalue weighted by Crippen LogP contribution is -2.27. The number of carbonyl (C=O) groups excluding carboxylic acids is 2. The summed E-state index contributed by atoms with van der Waals surface area (Å²) in [5.41, 5.74) is 2.22. The van der Waals surface area contributed by atoms with Crippen LogP contribution in [0.4, 0.5) is 17.6 Å². The summed E-state index contributed by atoms with van der Waals surface area (Å²) >= 11 is 0. The molecule has 0 fully saturated rings. The first-order chi connectivity index (χ1) is 14.7. The third-order valence-corrected chi connectivity index (χ3v) is 5.51. The van der Waals surface area contributed by atoms with Gasteiger partial charge in [0.25, 0.3) is 10.1 Å². The van der Waals surface area contributed by atoms with Crippen molar-refractivity contribution in [3.8, 4) is 0 Å². The number of rotatable bonds is 5. The summed E-state index contributed by atoms with van der Waals surface area (Å²) in [6, 6.07) is 9.96. The number of ketones is 2. The van der Waals surface area contributed by atoms with Gasteiger partial charge in [0.15, 0.2) is 11.6 Å². The van der Waals surface area contributed by atoms with Crippen LogP contribution in [0.5, 0.6) is 0 Å². The Bertz CT molecular complexity index is 1340. The average molecular weight is 439 g/mol. The van der Waals surface area contributed by atoms with Gasteiger partial charge in [0, 0.05) is 23.7 Å². The molecule has 0 aliphatic heterocycles. The van der Waals surface area contributed by atoms with Crippen LogP contribution in [0.1, 0.15) is 37.4 Å². The van der Waals surface area contributed by atoms with Crippen LogP contribution in [0, 0.1) is 6.92 Å². The number of nitrogens with zero attached hydrogens (tertiary/aromatic N) is 4. The fourth-order valence-corrected chi connectivity index (χ4v) is 4.00. The van der Waals surface area contributed by atoms with Crippen molar-refractivity contribution in [3.05, 3.63) is 70.5 Å². The second-order valence-corrected chi connectivity index (χ2v) is 8.45. The van der Waals surface area contributed by atoms with Crippen molar-refractivity contribution in [1.29, 1.82) is 0 Å². The molecule has 4 rings (SSSR count). The third-order valence-electron chi connectivity index (χ3n) is 4.80. The zero-order valence-corrected chi connectivity index (χ0v) is 17.3. The van der Waals surface area contributed by atoms with Crippen LogP contribution in [0.15, 0.2) is 42.7 Å². The number of benzene rings is 2. The highest BCUT2D eigenvalue weighted by Crippen LogP contribution is 2.35. The van der Waals surface area contributed by atoms with E-state index >= 15 is 0 Å². The fraction of sp³-hybridized carbons (Fsp3) is 0.150. The highest BCUT2D eigenvalue weighted by molar-refractivity contribution is 7.85. The number of hydrogen-bond donors (Lipinski definition) is 2. The van der Waals surface area contributed by atoms with E-state index in [1.807, 2.05) is 0 Å². The monoisotopic (exact) mass is 439 g/mol. The topological polar surface area (TPSA) is 142 Å². The van der Waals surface area contributed by atoms with Gasteiger partial charge in [-0.2, -0.15) is 13.4 Å². The lowest BCUT2D eigenvalue weighted by atomic mass is 9.82. The van der Waals surface area contributed by atoms with E-state index in [-0.39, 0.29) is 34.6 Å². The van der Waals surface area contributed by atoms with Gasteiger partial charge in [-0.05, 0) is 18.6 Å². The van der Waals surface area contributed by atoms with E-state index in [2.05, 4.69) is 20.3 Å². The molecule has 0 amide bonds. The molecule has 1 aromatic heterocycles. The molecule has 11 heteroatoms. The molecule has 10 nitrogen and oxygen atoms in total. The first-order valence-corrected chi connectivity index (χ1v) is 10.7. The van der Waals surface area contributed by atoms with Crippen LogP contribution in [0.25, 0.3) is 0 Å². The standard InChI is InChI=1S/C20H17N5O5S/c1-11-7-8-14-15(18(27)13-6-4-3-5-12(13)17(14)26)16(11)23-19-21-9-22-20(24-19)25(2)10-31(28,29)30/h3-9H,10H2,1-2H3,(H,28,29,30)(H,21,22,23,24). The van der Waals surface area contributed by atoms with Crippen LogP contribution in [0.2, 0.25) is 0 Å². The molecule has 0 saturated heterocycles. The van der Waals surface area contributed by atoms with Crippen molar-refractivity contribution < 1.29 is 22.6 Å². The fourth-order valence-electron chi connectivity index (χ4n) is 3.40. The number of aryl methyl sites for hydroxylation is 1. The van der Waals surface area contributed by atoms with Gasteiger partial charge in [-0.25, -0.2) is 9.97 Å². The predicted octanol–water partition coefficient (Wildman–Crippen LogP) is 1.98. The van der Waals surface area contributed by atoms with E-state index in [0.29, 0.717) is 22.4 Å². The van der Waals surface area contributed by atoms with Crippen LogP contribution in [-0.4, -0.2) is 52.4 Å². The van der Waals surface area contributed by atoms with Crippen molar-refractivity contribution in [2.75, 3.05) is 23.1 Å². The van der Waals surface area contributed by atoms with Gasteiger partial charge >= 0.3 is 0 Å². The second-order valence-electron chi connectivity index (χ2n) is 7.03.